The molecule has 1 heterocycles. The lowest BCUT2D eigenvalue weighted by Gasteiger charge is -2.30. The van der Waals surface area contributed by atoms with Crippen molar-refractivity contribution in [3.05, 3.63) is 53.1 Å². The number of carbonyl (C=O) groups excluding carboxylic acids is 2. The molecule has 29 heavy (non-hydrogen) atoms. The Balaban J connectivity index is 1.40. The SMILES string of the molecule is COc1cc2c(cc1OC)CN(C(=O)C1CC1C(=O)Nc1ccccc1C)CC2. The number of nitrogens with one attached hydrogen (secondary N) is 1. The van der Waals surface area contributed by atoms with Gasteiger partial charge in [-0.05, 0) is 54.7 Å². The van der Waals surface area contributed by atoms with Crippen LogP contribution in [0.3, 0.4) is 0 Å². The molecule has 152 valence electrons. The number of hydrogen-bond acceptors (Lipinski definition) is 4. The molecule has 1 aliphatic heterocycles. The summed E-state index contributed by atoms with van der Waals surface area (Å²) in [5.41, 5.74) is 4.07. The second-order valence-electron chi connectivity index (χ2n) is 7.74. The molecule has 0 bridgehead atoms. The lowest BCUT2D eigenvalue weighted by Crippen LogP contribution is -2.37. The molecular weight excluding hydrogens is 368 g/mol. The summed E-state index contributed by atoms with van der Waals surface area (Å²) in [5, 5.41) is 2.96. The zero-order valence-corrected chi connectivity index (χ0v) is 17.0. The van der Waals surface area contributed by atoms with E-state index in [-0.39, 0.29) is 23.7 Å². The van der Waals surface area contributed by atoms with Crippen LogP contribution in [0.5, 0.6) is 11.5 Å². The van der Waals surface area contributed by atoms with Crippen molar-refractivity contribution in [2.24, 2.45) is 11.8 Å². The van der Waals surface area contributed by atoms with Crippen LogP contribution in [0, 0.1) is 18.8 Å². The summed E-state index contributed by atoms with van der Waals surface area (Å²) in [6, 6.07) is 11.6. The van der Waals surface area contributed by atoms with Crippen molar-refractivity contribution in [1.29, 1.82) is 0 Å². The maximum absolute atomic E-state index is 13.0. The summed E-state index contributed by atoms with van der Waals surface area (Å²) < 4.78 is 10.8. The van der Waals surface area contributed by atoms with Crippen molar-refractivity contribution < 1.29 is 19.1 Å². The van der Waals surface area contributed by atoms with E-state index in [0.717, 1.165) is 23.2 Å². The number of amides is 2. The Labute approximate surface area is 170 Å². The number of methoxy groups -OCH3 is 2. The number of para-hydroxylation sites is 1. The Kier molecular flexibility index (Phi) is 5.18. The Hall–Kier alpha value is -3.02. The number of aryl methyl sites for hydroxylation is 1. The summed E-state index contributed by atoms with van der Waals surface area (Å²) in [4.78, 5) is 27.4. The summed E-state index contributed by atoms with van der Waals surface area (Å²) >= 11 is 0. The molecule has 1 saturated carbocycles. The second-order valence-corrected chi connectivity index (χ2v) is 7.74. The zero-order chi connectivity index (χ0) is 20.5. The first-order valence-electron chi connectivity index (χ1n) is 9.91. The molecule has 2 unspecified atom stereocenters. The summed E-state index contributed by atoms with van der Waals surface area (Å²) in [6.45, 7) is 3.15. The largest absolute Gasteiger partial charge is 0.493 e. The van der Waals surface area contributed by atoms with Gasteiger partial charge in [0.2, 0.25) is 11.8 Å². The van der Waals surface area contributed by atoms with Gasteiger partial charge in [0.25, 0.3) is 0 Å². The fraction of sp³-hybridized carbons (Fsp3) is 0.391. The Morgan fingerprint density at radius 3 is 2.41 bits per heavy atom. The van der Waals surface area contributed by atoms with E-state index in [1.165, 1.54) is 5.56 Å². The molecular formula is C23H26N2O4. The predicted octanol–water partition coefficient (Wildman–Crippen LogP) is 3.17. The molecule has 6 nitrogen and oxygen atoms in total. The van der Waals surface area contributed by atoms with Gasteiger partial charge in [-0.15, -0.1) is 0 Å². The van der Waals surface area contributed by atoms with Gasteiger partial charge >= 0.3 is 0 Å². The minimum absolute atomic E-state index is 0.0652. The highest BCUT2D eigenvalue weighted by atomic mass is 16.5. The highest BCUT2D eigenvalue weighted by molar-refractivity contribution is 6.00. The minimum Gasteiger partial charge on any atom is -0.493 e. The third kappa shape index (κ3) is 3.79. The summed E-state index contributed by atoms with van der Waals surface area (Å²) in [7, 11) is 3.23. The first kappa shape index (κ1) is 19.3. The molecule has 2 atom stereocenters. The van der Waals surface area contributed by atoms with Crippen molar-refractivity contribution in [3.8, 4) is 11.5 Å². The van der Waals surface area contributed by atoms with Gasteiger partial charge < -0.3 is 19.7 Å². The Morgan fingerprint density at radius 2 is 1.72 bits per heavy atom. The second kappa shape index (κ2) is 7.78. The fourth-order valence-corrected chi connectivity index (χ4v) is 4.00. The molecule has 0 saturated heterocycles. The van der Waals surface area contributed by atoms with Gasteiger partial charge in [0.05, 0.1) is 26.1 Å². The van der Waals surface area contributed by atoms with Gasteiger partial charge in [-0.1, -0.05) is 18.2 Å². The molecule has 2 amide bonds. The first-order chi connectivity index (χ1) is 14.0. The number of benzene rings is 2. The van der Waals surface area contributed by atoms with E-state index in [9.17, 15) is 9.59 Å². The van der Waals surface area contributed by atoms with Gasteiger partial charge in [-0.25, -0.2) is 0 Å². The lowest BCUT2D eigenvalue weighted by atomic mass is 9.98. The first-order valence-corrected chi connectivity index (χ1v) is 9.91. The number of hydrogen-bond donors (Lipinski definition) is 1. The van der Waals surface area contributed by atoms with Crippen LogP contribution in [0.15, 0.2) is 36.4 Å². The number of rotatable bonds is 5. The third-order valence-corrected chi connectivity index (χ3v) is 5.88. The van der Waals surface area contributed by atoms with E-state index < -0.39 is 0 Å². The molecule has 2 aliphatic rings. The monoisotopic (exact) mass is 394 g/mol. The molecule has 2 aromatic carbocycles. The van der Waals surface area contributed by atoms with E-state index in [4.69, 9.17) is 9.47 Å². The Morgan fingerprint density at radius 1 is 1.03 bits per heavy atom. The van der Waals surface area contributed by atoms with Crippen molar-refractivity contribution in [2.45, 2.75) is 26.3 Å². The van der Waals surface area contributed by atoms with Crippen molar-refractivity contribution in [1.82, 2.24) is 4.90 Å². The van der Waals surface area contributed by atoms with Crippen LogP contribution in [-0.4, -0.2) is 37.5 Å². The van der Waals surface area contributed by atoms with E-state index >= 15 is 0 Å². The molecule has 6 heteroatoms. The molecule has 1 N–H and O–H groups in total. The van der Waals surface area contributed by atoms with E-state index in [2.05, 4.69) is 5.32 Å². The molecule has 2 aromatic rings. The van der Waals surface area contributed by atoms with Crippen LogP contribution in [0.25, 0.3) is 0 Å². The Bertz CT molecular complexity index is 956. The average Bonchev–Trinajstić information content (AvgIpc) is 3.54. The van der Waals surface area contributed by atoms with E-state index in [1.807, 2.05) is 48.2 Å². The van der Waals surface area contributed by atoms with Crippen LogP contribution >= 0.6 is 0 Å². The molecule has 1 aliphatic carbocycles. The number of nitrogens with zero attached hydrogens (tertiary/aromatic N) is 1. The molecule has 4 rings (SSSR count). The predicted molar refractivity (Wildman–Crippen MR) is 110 cm³/mol. The third-order valence-electron chi connectivity index (χ3n) is 5.88. The zero-order valence-electron chi connectivity index (χ0n) is 17.0. The normalized spacial score (nSPS) is 19.9. The van der Waals surface area contributed by atoms with Crippen LogP contribution in [0.1, 0.15) is 23.1 Å². The van der Waals surface area contributed by atoms with Crippen LogP contribution < -0.4 is 14.8 Å². The fourth-order valence-electron chi connectivity index (χ4n) is 4.00. The summed E-state index contributed by atoms with van der Waals surface area (Å²) in [6.07, 6.45) is 1.39. The van der Waals surface area contributed by atoms with Crippen molar-refractivity contribution in [3.63, 3.8) is 0 Å². The number of anilines is 1. The quantitative estimate of drug-likeness (QED) is 0.846. The standard InChI is InChI=1S/C23H26N2O4/c1-14-6-4-5-7-19(14)24-22(26)17-12-18(17)23(27)25-9-8-15-10-20(28-2)21(29-3)11-16(15)13-25/h4-7,10-11,17-18H,8-9,12-13H2,1-3H3,(H,24,26). The van der Waals surface area contributed by atoms with Crippen molar-refractivity contribution in [2.75, 3.05) is 26.1 Å². The van der Waals surface area contributed by atoms with Gasteiger partial charge in [0, 0.05) is 18.8 Å². The van der Waals surface area contributed by atoms with Gasteiger partial charge in [-0.2, -0.15) is 0 Å². The van der Waals surface area contributed by atoms with Crippen LogP contribution in [0.2, 0.25) is 0 Å². The van der Waals surface area contributed by atoms with E-state index in [0.29, 0.717) is 31.0 Å². The molecule has 0 radical (unpaired) electrons. The smallest absolute Gasteiger partial charge is 0.228 e. The van der Waals surface area contributed by atoms with E-state index in [1.54, 1.807) is 14.2 Å². The van der Waals surface area contributed by atoms with Crippen molar-refractivity contribution >= 4 is 17.5 Å². The highest BCUT2D eigenvalue weighted by Crippen LogP contribution is 2.42. The van der Waals surface area contributed by atoms with Gasteiger partial charge in [0.1, 0.15) is 0 Å². The topological polar surface area (TPSA) is 67.9 Å². The van der Waals surface area contributed by atoms with Crippen LogP contribution in [-0.2, 0) is 22.6 Å². The maximum Gasteiger partial charge on any atom is 0.228 e. The molecule has 0 spiro atoms. The molecule has 0 aromatic heterocycles. The highest BCUT2D eigenvalue weighted by Gasteiger charge is 2.49. The minimum atomic E-state index is -0.242. The average molecular weight is 394 g/mol. The number of ether oxygens (including phenoxy) is 2. The lowest BCUT2D eigenvalue weighted by molar-refractivity contribution is -0.135. The van der Waals surface area contributed by atoms with Crippen LogP contribution in [0.4, 0.5) is 5.69 Å². The van der Waals surface area contributed by atoms with Gasteiger partial charge in [0.15, 0.2) is 11.5 Å². The van der Waals surface area contributed by atoms with Gasteiger partial charge in [-0.3, -0.25) is 9.59 Å². The maximum atomic E-state index is 13.0. The summed E-state index contributed by atoms with van der Waals surface area (Å²) in [5.74, 6) is 0.912. The molecule has 1 fully saturated rings. The number of fused-ring (bicyclic) bond motifs is 1. The number of carbonyl (C=O) groups is 2.